The van der Waals surface area contributed by atoms with Crippen molar-refractivity contribution in [2.24, 2.45) is 0 Å². The van der Waals surface area contributed by atoms with Crippen LogP contribution in [0.2, 0.25) is 0 Å². The van der Waals surface area contributed by atoms with E-state index >= 15 is 0 Å². The number of amides is 2. The third kappa shape index (κ3) is 7.53. The van der Waals surface area contributed by atoms with Crippen molar-refractivity contribution in [2.75, 3.05) is 18.6 Å². The summed E-state index contributed by atoms with van der Waals surface area (Å²) in [5.74, 6) is -0.757. The molecule has 0 saturated heterocycles. The van der Waals surface area contributed by atoms with Crippen LogP contribution in [0.4, 0.5) is 4.79 Å². The molecular weight excluding hydrogens is 208 g/mol. The molecule has 0 bridgehead atoms. The number of urea groups is 1. The largest absolute Gasteiger partial charge is 0.480 e. The highest BCUT2D eigenvalue weighted by atomic mass is 32.2. The Morgan fingerprint density at radius 1 is 1.50 bits per heavy atom. The molecule has 0 aromatic heterocycles. The van der Waals surface area contributed by atoms with E-state index in [-0.39, 0.29) is 6.04 Å². The Bertz CT molecular complexity index is 244. The molecule has 0 aliphatic carbocycles. The molecule has 82 valence electrons. The number of hydrogen-bond donors (Lipinski definition) is 3. The van der Waals surface area contributed by atoms with Crippen LogP contribution >= 0.6 is 0 Å². The Hall–Kier alpha value is -1.11. The maximum Gasteiger partial charge on any atom is 0.323 e. The second-order valence-electron chi connectivity index (χ2n) is 2.86. The molecule has 6 nitrogen and oxygen atoms in total. The first kappa shape index (κ1) is 12.9. The predicted molar refractivity (Wildman–Crippen MR) is 52.6 cm³/mol. The van der Waals surface area contributed by atoms with E-state index in [9.17, 15) is 13.8 Å². The molecule has 14 heavy (non-hydrogen) atoms. The van der Waals surface area contributed by atoms with Gasteiger partial charge < -0.3 is 15.7 Å². The van der Waals surface area contributed by atoms with Gasteiger partial charge in [-0.3, -0.25) is 9.00 Å². The zero-order valence-electron chi connectivity index (χ0n) is 8.07. The van der Waals surface area contributed by atoms with Gasteiger partial charge in [0, 0.05) is 28.9 Å². The van der Waals surface area contributed by atoms with Crippen molar-refractivity contribution in [2.45, 2.75) is 13.0 Å². The fraction of sp³-hybridized carbons (Fsp3) is 0.714. The van der Waals surface area contributed by atoms with E-state index in [2.05, 4.69) is 10.6 Å². The molecule has 2 amide bonds. The van der Waals surface area contributed by atoms with Gasteiger partial charge in [-0.15, -0.1) is 0 Å². The van der Waals surface area contributed by atoms with Crippen LogP contribution in [0.3, 0.4) is 0 Å². The summed E-state index contributed by atoms with van der Waals surface area (Å²) in [6, 6.07) is -0.806. The van der Waals surface area contributed by atoms with E-state index in [0.717, 1.165) is 0 Å². The second-order valence-corrected chi connectivity index (χ2v) is 4.34. The highest BCUT2D eigenvalue weighted by molar-refractivity contribution is 7.84. The molecule has 0 aliphatic heterocycles. The van der Waals surface area contributed by atoms with Gasteiger partial charge >= 0.3 is 12.0 Å². The van der Waals surface area contributed by atoms with E-state index in [0.29, 0.717) is 5.75 Å². The molecular formula is C7H14N2O4S. The lowest BCUT2D eigenvalue weighted by Gasteiger charge is -2.12. The van der Waals surface area contributed by atoms with Crippen molar-refractivity contribution >= 4 is 22.8 Å². The van der Waals surface area contributed by atoms with Gasteiger partial charge in [0.1, 0.15) is 6.54 Å². The fourth-order valence-electron chi connectivity index (χ4n) is 0.824. The highest BCUT2D eigenvalue weighted by Crippen LogP contribution is 1.85. The molecule has 3 N–H and O–H groups in total. The van der Waals surface area contributed by atoms with E-state index in [1.807, 2.05) is 0 Å². The Morgan fingerprint density at radius 2 is 2.07 bits per heavy atom. The quantitative estimate of drug-likeness (QED) is 0.564. The third-order valence-corrected chi connectivity index (χ3v) is 2.23. The average molecular weight is 222 g/mol. The van der Waals surface area contributed by atoms with Gasteiger partial charge in [0.05, 0.1) is 0 Å². The van der Waals surface area contributed by atoms with Gasteiger partial charge in [-0.1, -0.05) is 0 Å². The maximum atomic E-state index is 11.0. The van der Waals surface area contributed by atoms with Crippen LogP contribution < -0.4 is 10.6 Å². The van der Waals surface area contributed by atoms with Crippen molar-refractivity contribution in [1.82, 2.24) is 10.6 Å². The molecule has 0 aromatic rings. The minimum atomic E-state index is -1.10. The van der Waals surface area contributed by atoms with Gasteiger partial charge in [-0.2, -0.15) is 0 Å². The van der Waals surface area contributed by atoms with Crippen LogP contribution in [-0.2, 0) is 15.6 Å². The summed E-state index contributed by atoms with van der Waals surface area (Å²) < 4.78 is 10.7. The summed E-state index contributed by atoms with van der Waals surface area (Å²) >= 11 is 0. The first-order valence-electron chi connectivity index (χ1n) is 3.98. The SMILES string of the molecule is CC(CS(C)=O)NC(=O)NCC(=O)O. The molecule has 0 rings (SSSR count). The number of nitrogens with one attached hydrogen (secondary N) is 2. The van der Waals surface area contributed by atoms with Crippen molar-refractivity contribution < 1.29 is 18.9 Å². The molecule has 0 radical (unpaired) electrons. The zero-order valence-corrected chi connectivity index (χ0v) is 8.89. The molecule has 2 atom stereocenters. The number of carbonyl (C=O) groups is 2. The number of rotatable bonds is 5. The van der Waals surface area contributed by atoms with Crippen molar-refractivity contribution in [3.8, 4) is 0 Å². The molecule has 0 heterocycles. The highest BCUT2D eigenvalue weighted by Gasteiger charge is 2.08. The molecule has 2 unspecified atom stereocenters. The lowest BCUT2D eigenvalue weighted by molar-refractivity contribution is -0.135. The van der Waals surface area contributed by atoms with Gasteiger partial charge in [0.15, 0.2) is 0 Å². The maximum absolute atomic E-state index is 11.0. The van der Waals surface area contributed by atoms with E-state index in [1.54, 1.807) is 6.92 Å². The number of hydrogen-bond acceptors (Lipinski definition) is 3. The predicted octanol–water partition coefficient (Wildman–Crippen LogP) is -0.863. The summed E-state index contributed by atoms with van der Waals surface area (Å²) in [6.07, 6.45) is 1.54. The van der Waals surface area contributed by atoms with Crippen LogP contribution in [0, 0.1) is 0 Å². The van der Waals surface area contributed by atoms with Gasteiger partial charge in [0.25, 0.3) is 0 Å². The Balaban J connectivity index is 3.71. The lowest BCUT2D eigenvalue weighted by atomic mass is 10.4. The van der Waals surface area contributed by atoms with Gasteiger partial charge in [-0.05, 0) is 6.92 Å². The third-order valence-electron chi connectivity index (χ3n) is 1.26. The first-order valence-corrected chi connectivity index (χ1v) is 5.70. The summed E-state index contributed by atoms with van der Waals surface area (Å²) in [5, 5.41) is 12.8. The summed E-state index contributed by atoms with van der Waals surface area (Å²) in [4.78, 5) is 21.0. The number of carbonyl (C=O) groups excluding carboxylic acids is 1. The minimum absolute atomic E-state index is 0.241. The number of carboxylic acids is 1. The summed E-state index contributed by atoms with van der Waals surface area (Å²) in [6.45, 7) is 1.27. The topological polar surface area (TPSA) is 95.5 Å². The summed E-state index contributed by atoms with van der Waals surface area (Å²) in [7, 11) is -0.984. The van der Waals surface area contributed by atoms with E-state index < -0.39 is 29.3 Å². The lowest BCUT2D eigenvalue weighted by Crippen LogP contribution is -2.44. The Labute approximate surface area is 84.5 Å². The zero-order chi connectivity index (χ0) is 11.1. The van der Waals surface area contributed by atoms with Crippen molar-refractivity contribution in [3.05, 3.63) is 0 Å². The standard InChI is InChI=1S/C7H14N2O4S/c1-5(4-14(2)13)9-7(12)8-3-6(10)11/h5H,3-4H2,1-2H3,(H,10,11)(H2,8,9,12). The van der Waals surface area contributed by atoms with Crippen LogP contribution in [0.5, 0.6) is 0 Å². The Kier molecular flexibility index (Phi) is 5.86. The number of aliphatic carboxylic acids is 1. The van der Waals surface area contributed by atoms with E-state index in [1.165, 1.54) is 6.26 Å². The monoisotopic (exact) mass is 222 g/mol. The second kappa shape index (κ2) is 6.36. The molecule has 0 aliphatic rings. The number of carboxylic acid groups (broad SMARTS) is 1. The van der Waals surface area contributed by atoms with Crippen molar-refractivity contribution in [1.29, 1.82) is 0 Å². The van der Waals surface area contributed by atoms with Crippen LogP contribution in [-0.4, -0.2) is 45.9 Å². The molecule has 0 fully saturated rings. The Morgan fingerprint density at radius 3 is 2.50 bits per heavy atom. The van der Waals surface area contributed by atoms with Gasteiger partial charge in [0.2, 0.25) is 0 Å². The van der Waals surface area contributed by atoms with Crippen LogP contribution in [0.15, 0.2) is 0 Å². The first-order chi connectivity index (χ1) is 6.41. The minimum Gasteiger partial charge on any atom is -0.480 e. The smallest absolute Gasteiger partial charge is 0.323 e. The van der Waals surface area contributed by atoms with Crippen molar-refractivity contribution in [3.63, 3.8) is 0 Å². The molecule has 0 saturated carbocycles. The molecule has 7 heteroatoms. The van der Waals surface area contributed by atoms with Gasteiger partial charge in [-0.25, -0.2) is 4.79 Å². The molecule has 0 spiro atoms. The van der Waals surface area contributed by atoms with Crippen LogP contribution in [0.1, 0.15) is 6.92 Å². The molecule has 0 aromatic carbocycles. The van der Waals surface area contributed by atoms with E-state index in [4.69, 9.17) is 5.11 Å². The average Bonchev–Trinajstić information content (AvgIpc) is 1.98. The van der Waals surface area contributed by atoms with Crippen LogP contribution in [0.25, 0.3) is 0 Å². The normalized spacial score (nSPS) is 14.1. The summed E-state index contributed by atoms with van der Waals surface area (Å²) in [5.41, 5.74) is 0. The fourth-order valence-corrected chi connectivity index (χ4v) is 1.61.